The maximum Gasteiger partial charge on any atom is 0.309 e. The predicted octanol–water partition coefficient (Wildman–Crippen LogP) is 2.85. The van der Waals surface area contributed by atoms with Crippen LogP contribution >= 0.6 is 0 Å². The Morgan fingerprint density at radius 3 is 2.48 bits per heavy atom. The Morgan fingerprint density at radius 1 is 1.10 bits per heavy atom. The van der Waals surface area contributed by atoms with Gasteiger partial charge in [0.2, 0.25) is 0 Å². The summed E-state index contributed by atoms with van der Waals surface area (Å²) in [6, 6.07) is 10.2. The average molecular weight is 425 g/mol. The summed E-state index contributed by atoms with van der Waals surface area (Å²) in [5.41, 5.74) is 0.826. The molecule has 0 atom stereocenters. The minimum absolute atomic E-state index is 0.0387. The van der Waals surface area contributed by atoms with Crippen LogP contribution in [-0.4, -0.2) is 52.3 Å². The van der Waals surface area contributed by atoms with Gasteiger partial charge in [-0.05, 0) is 42.8 Å². The van der Waals surface area contributed by atoms with Crippen molar-refractivity contribution in [2.45, 2.75) is 13.5 Å². The number of amides is 1. The summed E-state index contributed by atoms with van der Waals surface area (Å²) >= 11 is 0. The largest absolute Gasteiger partial charge is 0.493 e. The van der Waals surface area contributed by atoms with Gasteiger partial charge in [0.25, 0.3) is 5.91 Å². The molecule has 2 rings (SSSR count). The number of carbonyl (C=O) groups excluding carboxylic acids is 1. The normalized spacial score (nSPS) is 11.2. The summed E-state index contributed by atoms with van der Waals surface area (Å²) in [7, 11) is -0.836. The van der Waals surface area contributed by atoms with Gasteiger partial charge in [-0.3, -0.25) is 4.79 Å². The quantitative estimate of drug-likeness (QED) is 0.545. The first-order valence-electron chi connectivity index (χ1n) is 8.92. The lowest BCUT2D eigenvalue weighted by Crippen LogP contribution is -2.33. The van der Waals surface area contributed by atoms with Gasteiger partial charge in [-0.15, -0.1) is 0 Å². The Balaban J connectivity index is 2.31. The number of hydrogen-bond donors (Lipinski definition) is 0. The Bertz CT molecular complexity index is 948. The van der Waals surface area contributed by atoms with E-state index in [9.17, 15) is 17.6 Å². The van der Waals surface area contributed by atoms with E-state index in [-0.39, 0.29) is 48.4 Å². The van der Waals surface area contributed by atoms with Crippen molar-refractivity contribution in [2.24, 2.45) is 0 Å². The minimum Gasteiger partial charge on any atom is -0.493 e. The van der Waals surface area contributed by atoms with Crippen LogP contribution in [0.2, 0.25) is 0 Å². The highest BCUT2D eigenvalue weighted by Crippen LogP contribution is 2.30. The van der Waals surface area contributed by atoms with Crippen molar-refractivity contribution in [2.75, 3.05) is 33.1 Å². The van der Waals surface area contributed by atoms with E-state index in [1.807, 2.05) is 0 Å². The molecule has 0 aliphatic rings. The highest BCUT2D eigenvalue weighted by Gasteiger charge is 2.19. The first kappa shape index (κ1) is 22.6. The molecular formula is C20H24FNO6S. The maximum absolute atomic E-state index is 13.5. The summed E-state index contributed by atoms with van der Waals surface area (Å²) < 4.78 is 52.5. The fourth-order valence-corrected chi connectivity index (χ4v) is 3.08. The lowest BCUT2D eigenvalue weighted by Gasteiger charge is -2.23. The molecule has 0 aliphatic heterocycles. The summed E-state index contributed by atoms with van der Waals surface area (Å²) in [6.45, 7) is 2.16. The number of benzene rings is 2. The topological polar surface area (TPSA) is 82.1 Å². The number of methoxy groups -OCH3 is 2. The van der Waals surface area contributed by atoms with Gasteiger partial charge in [-0.25, -0.2) is 4.39 Å². The van der Waals surface area contributed by atoms with Crippen LogP contribution in [0, 0.1) is 5.82 Å². The van der Waals surface area contributed by atoms with Crippen molar-refractivity contribution in [3.63, 3.8) is 0 Å². The van der Waals surface area contributed by atoms with Crippen molar-refractivity contribution in [1.29, 1.82) is 0 Å². The maximum atomic E-state index is 13.5. The second-order valence-electron chi connectivity index (χ2n) is 6.14. The molecule has 158 valence electrons. The summed E-state index contributed by atoms with van der Waals surface area (Å²) in [5, 5.41) is 0. The second kappa shape index (κ2) is 10.2. The molecule has 0 saturated carbocycles. The molecular weight excluding hydrogens is 401 g/mol. The molecule has 1 amide bonds. The van der Waals surface area contributed by atoms with E-state index in [1.165, 1.54) is 56.4 Å². The number of halogens is 1. The highest BCUT2D eigenvalue weighted by molar-refractivity contribution is 7.87. The SMILES string of the molecule is CCS(=O)(=O)Oc1cc(CN(CCOC)C(=O)c2cccc(F)c2)ccc1OC. The van der Waals surface area contributed by atoms with Crippen LogP contribution in [0.3, 0.4) is 0 Å². The average Bonchev–Trinajstić information content (AvgIpc) is 2.70. The van der Waals surface area contributed by atoms with E-state index in [2.05, 4.69) is 0 Å². The zero-order valence-electron chi connectivity index (χ0n) is 16.6. The van der Waals surface area contributed by atoms with Crippen LogP contribution in [0.15, 0.2) is 42.5 Å². The van der Waals surface area contributed by atoms with Gasteiger partial charge >= 0.3 is 10.1 Å². The number of rotatable bonds is 10. The zero-order chi connectivity index (χ0) is 21.4. The van der Waals surface area contributed by atoms with Crippen molar-refractivity contribution >= 4 is 16.0 Å². The molecule has 9 heteroatoms. The zero-order valence-corrected chi connectivity index (χ0v) is 17.4. The molecule has 7 nitrogen and oxygen atoms in total. The Morgan fingerprint density at radius 2 is 1.86 bits per heavy atom. The number of carbonyl (C=O) groups is 1. The fraction of sp³-hybridized carbons (Fsp3) is 0.350. The van der Waals surface area contributed by atoms with E-state index in [4.69, 9.17) is 13.7 Å². The van der Waals surface area contributed by atoms with Crippen LogP contribution in [-0.2, 0) is 21.4 Å². The minimum atomic E-state index is -3.75. The van der Waals surface area contributed by atoms with Gasteiger partial charge in [0.1, 0.15) is 5.82 Å². The molecule has 0 heterocycles. The second-order valence-corrected chi connectivity index (χ2v) is 8.00. The lowest BCUT2D eigenvalue weighted by molar-refractivity contribution is 0.0680. The molecule has 0 spiro atoms. The molecule has 0 radical (unpaired) electrons. The van der Waals surface area contributed by atoms with E-state index in [1.54, 1.807) is 12.1 Å². The summed E-state index contributed by atoms with van der Waals surface area (Å²) in [5.74, 6) is -0.783. The molecule has 0 bridgehead atoms. The summed E-state index contributed by atoms with van der Waals surface area (Å²) in [6.07, 6.45) is 0. The molecule has 0 unspecified atom stereocenters. The number of hydrogen-bond acceptors (Lipinski definition) is 6. The molecule has 2 aromatic rings. The summed E-state index contributed by atoms with van der Waals surface area (Å²) in [4.78, 5) is 14.3. The smallest absolute Gasteiger partial charge is 0.309 e. The van der Waals surface area contributed by atoms with Gasteiger partial charge in [-0.2, -0.15) is 8.42 Å². The van der Waals surface area contributed by atoms with Crippen LogP contribution in [0.1, 0.15) is 22.8 Å². The molecule has 0 fully saturated rings. The van der Waals surface area contributed by atoms with Crippen molar-refractivity contribution in [1.82, 2.24) is 4.90 Å². The highest BCUT2D eigenvalue weighted by atomic mass is 32.2. The molecule has 2 aromatic carbocycles. The Labute approximate surface area is 170 Å². The van der Waals surface area contributed by atoms with Crippen LogP contribution < -0.4 is 8.92 Å². The lowest BCUT2D eigenvalue weighted by atomic mass is 10.1. The van der Waals surface area contributed by atoms with Crippen molar-refractivity contribution < 1.29 is 31.3 Å². The van der Waals surface area contributed by atoms with Gasteiger partial charge in [0.05, 0.1) is 19.5 Å². The van der Waals surface area contributed by atoms with Crippen molar-refractivity contribution in [3.05, 3.63) is 59.4 Å². The third kappa shape index (κ3) is 6.43. The van der Waals surface area contributed by atoms with E-state index in [0.717, 1.165) is 0 Å². The fourth-order valence-electron chi connectivity index (χ4n) is 2.56. The third-order valence-electron chi connectivity index (χ3n) is 4.10. The van der Waals surface area contributed by atoms with E-state index in [0.29, 0.717) is 5.56 Å². The standard InChI is InChI=1S/C20H24FNO6S/c1-4-29(24,25)28-19-12-15(8-9-18(19)27-3)14-22(10-11-26-2)20(23)16-6-5-7-17(21)13-16/h5-9,12-13H,4,10-11,14H2,1-3H3. The first-order valence-corrected chi connectivity index (χ1v) is 10.5. The Kier molecular flexibility index (Phi) is 7.98. The van der Waals surface area contributed by atoms with E-state index >= 15 is 0 Å². The number of ether oxygens (including phenoxy) is 2. The molecule has 0 aliphatic carbocycles. The van der Waals surface area contributed by atoms with Gasteiger partial charge in [0, 0.05) is 25.8 Å². The van der Waals surface area contributed by atoms with E-state index < -0.39 is 15.9 Å². The molecule has 0 aromatic heterocycles. The first-order chi connectivity index (χ1) is 13.8. The van der Waals surface area contributed by atoms with Crippen LogP contribution in [0.5, 0.6) is 11.5 Å². The number of nitrogens with zero attached hydrogens (tertiary/aromatic N) is 1. The molecule has 0 saturated heterocycles. The van der Waals surface area contributed by atoms with Crippen LogP contribution in [0.25, 0.3) is 0 Å². The van der Waals surface area contributed by atoms with Gasteiger partial charge in [-0.1, -0.05) is 12.1 Å². The monoisotopic (exact) mass is 425 g/mol. The molecule has 29 heavy (non-hydrogen) atoms. The predicted molar refractivity (Wildman–Crippen MR) is 106 cm³/mol. The third-order valence-corrected chi connectivity index (χ3v) is 5.24. The molecule has 0 N–H and O–H groups in total. The Hall–Kier alpha value is -2.65. The van der Waals surface area contributed by atoms with Gasteiger partial charge < -0.3 is 18.6 Å². The van der Waals surface area contributed by atoms with Crippen molar-refractivity contribution in [3.8, 4) is 11.5 Å². The van der Waals surface area contributed by atoms with Gasteiger partial charge in [0.15, 0.2) is 11.5 Å². The van der Waals surface area contributed by atoms with Crippen LogP contribution in [0.4, 0.5) is 4.39 Å².